The summed E-state index contributed by atoms with van der Waals surface area (Å²) >= 11 is 1.65. The number of nitrogens with one attached hydrogen (secondary N) is 1. The second-order valence-corrected chi connectivity index (χ2v) is 6.51. The second kappa shape index (κ2) is 6.96. The number of carbonyl (C=O) groups is 1. The molecule has 0 heterocycles. The molecule has 0 saturated carbocycles. The van der Waals surface area contributed by atoms with E-state index in [-0.39, 0.29) is 17.4 Å². The van der Waals surface area contributed by atoms with Crippen LogP contribution in [0.25, 0.3) is 0 Å². The summed E-state index contributed by atoms with van der Waals surface area (Å²) in [6, 6.07) is 7.56. The fourth-order valence-electron chi connectivity index (χ4n) is 2.04. The van der Waals surface area contributed by atoms with Gasteiger partial charge in [-0.3, -0.25) is 4.79 Å². The van der Waals surface area contributed by atoms with Gasteiger partial charge in [-0.25, -0.2) is 0 Å². The fraction of sp³-hybridized carbons (Fsp3) is 0.533. The molecule has 0 fully saturated rings. The summed E-state index contributed by atoms with van der Waals surface area (Å²) in [7, 11) is 0. The number of rotatable bonds is 6. The van der Waals surface area contributed by atoms with Gasteiger partial charge < -0.3 is 10.4 Å². The summed E-state index contributed by atoms with van der Waals surface area (Å²) in [5, 5.41) is 12.3. The first-order chi connectivity index (χ1) is 8.84. The summed E-state index contributed by atoms with van der Waals surface area (Å²) in [5.41, 5.74) is 0.564. The SMILES string of the molecule is CSc1ccc(C(=O)NCC(C)(C)CC(C)O)cc1. The topological polar surface area (TPSA) is 49.3 Å². The lowest BCUT2D eigenvalue weighted by Gasteiger charge is -2.26. The number of hydrogen-bond donors (Lipinski definition) is 2. The largest absolute Gasteiger partial charge is 0.393 e. The highest BCUT2D eigenvalue weighted by molar-refractivity contribution is 7.98. The Labute approximate surface area is 119 Å². The molecule has 1 amide bonds. The van der Waals surface area contributed by atoms with Crippen molar-refractivity contribution in [2.75, 3.05) is 12.8 Å². The maximum Gasteiger partial charge on any atom is 0.251 e. The predicted molar refractivity (Wildman–Crippen MR) is 80.6 cm³/mol. The number of benzene rings is 1. The summed E-state index contributed by atoms with van der Waals surface area (Å²) < 4.78 is 0. The highest BCUT2D eigenvalue weighted by Crippen LogP contribution is 2.21. The molecule has 1 unspecified atom stereocenters. The van der Waals surface area contributed by atoms with Crippen molar-refractivity contribution in [1.82, 2.24) is 5.32 Å². The van der Waals surface area contributed by atoms with Gasteiger partial charge in [0.1, 0.15) is 0 Å². The van der Waals surface area contributed by atoms with Gasteiger partial charge in [-0.2, -0.15) is 0 Å². The van der Waals surface area contributed by atoms with E-state index < -0.39 is 0 Å². The quantitative estimate of drug-likeness (QED) is 0.788. The van der Waals surface area contributed by atoms with Crippen molar-refractivity contribution in [2.24, 2.45) is 5.41 Å². The molecule has 1 aromatic carbocycles. The van der Waals surface area contributed by atoms with E-state index in [1.807, 2.05) is 44.4 Å². The number of thioether (sulfide) groups is 1. The van der Waals surface area contributed by atoms with Gasteiger partial charge in [0.25, 0.3) is 5.91 Å². The maximum atomic E-state index is 12.0. The normalized spacial score (nSPS) is 13.1. The van der Waals surface area contributed by atoms with Gasteiger partial charge >= 0.3 is 0 Å². The first-order valence-electron chi connectivity index (χ1n) is 6.44. The molecule has 1 atom stereocenters. The van der Waals surface area contributed by atoms with Gasteiger partial charge in [-0.05, 0) is 49.3 Å². The van der Waals surface area contributed by atoms with Crippen molar-refractivity contribution < 1.29 is 9.90 Å². The first-order valence-corrected chi connectivity index (χ1v) is 7.67. The van der Waals surface area contributed by atoms with E-state index in [9.17, 15) is 9.90 Å². The van der Waals surface area contributed by atoms with E-state index in [0.29, 0.717) is 18.5 Å². The van der Waals surface area contributed by atoms with Crippen molar-refractivity contribution in [1.29, 1.82) is 0 Å². The average molecular weight is 281 g/mol. The summed E-state index contributed by atoms with van der Waals surface area (Å²) in [6.45, 7) is 6.40. The van der Waals surface area contributed by atoms with Crippen LogP contribution in [-0.2, 0) is 0 Å². The highest BCUT2D eigenvalue weighted by atomic mass is 32.2. The molecule has 1 rings (SSSR count). The molecule has 2 N–H and O–H groups in total. The Morgan fingerprint density at radius 3 is 2.42 bits per heavy atom. The number of carbonyl (C=O) groups excluding carboxylic acids is 1. The smallest absolute Gasteiger partial charge is 0.251 e. The number of aliphatic hydroxyl groups excluding tert-OH is 1. The predicted octanol–water partition coefficient (Wildman–Crippen LogP) is 2.94. The Morgan fingerprint density at radius 1 is 1.37 bits per heavy atom. The fourth-order valence-corrected chi connectivity index (χ4v) is 2.44. The molecule has 1 aromatic rings. The summed E-state index contributed by atoms with van der Waals surface area (Å²) in [5.74, 6) is -0.0636. The Hall–Kier alpha value is -1.00. The molecule has 0 aliphatic rings. The van der Waals surface area contributed by atoms with Crippen LogP contribution in [-0.4, -0.2) is 29.9 Å². The van der Waals surface area contributed by atoms with Crippen LogP contribution in [0.1, 0.15) is 37.6 Å². The molecule has 3 nitrogen and oxygen atoms in total. The molecular formula is C15H23NO2S. The van der Waals surface area contributed by atoms with Crippen LogP contribution < -0.4 is 5.32 Å². The third kappa shape index (κ3) is 5.66. The lowest BCUT2D eigenvalue weighted by Crippen LogP contribution is -2.35. The average Bonchev–Trinajstić information content (AvgIpc) is 2.34. The Balaban J connectivity index is 2.55. The van der Waals surface area contributed by atoms with E-state index in [1.54, 1.807) is 18.7 Å². The van der Waals surface area contributed by atoms with E-state index >= 15 is 0 Å². The number of amides is 1. The van der Waals surface area contributed by atoms with Crippen LogP contribution >= 0.6 is 11.8 Å². The lowest BCUT2D eigenvalue weighted by atomic mass is 9.87. The third-order valence-corrected chi connectivity index (χ3v) is 3.67. The molecule has 0 bridgehead atoms. The van der Waals surface area contributed by atoms with E-state index in [0.717, 1.165) is 4.90 Å². The van der Waals surface area contributed by atoms with Crippen molar-refractivity contribution in [3.63, 3.8) is 0 Å². The molecule has 0 aromatic heterocycles. The van der Waals surface area contributed by atoms with Gasteiger partial charge in [0, 0.05) is 17.0 Å². The monoisotopic (exact) mass is 281 g/mol. The molecule has 106 valence electrons. The van der Waals surface area contributed by atoms with Gasteiger partial charge in [-0.15, -0.1) is 11.8 Å². The van der Waals surface area contributed by atoms with Crippen LogP contribution in [0.5, 0.6) is 0 Å². The van der Waals surface area contributed by atoms with Crippen LogP contribution in [0, 0.1) is 5.41 Å². The van der Waals surface area contributed by atoms with Crippen LogP contribution in [0.2, 0.25) is 0 Å². The number of aliphatic hydroxyl groups is 1. The zero-order valence-corrected chi connectivity index (χ0v) is 12.9. The standard InChI is InChI=1S/C15H23NO2S/c1-11(17)9-15(2,3)10-16-14(18)12-5-7-13(19-4)8-6-12/h5-8,11,17H,9-10H2,1-4H3,(H,16,18). The zero-order chi connectivity index (χ0) is 14.5. The van der Waals surface area contributed by atoms with Crippen LogP contribution in [0.3, 0.4) is 0 Å². The van der Waals surface area contributed by atoms with E-state index in [4.69, 9.17) is 0 Å². The Bertz CT molecular complexity index is 413. The lowest BCUT2D eigenvalue weighted by molar-refractivity contribution is 0.0902. The number of hydrogen-bond acceptors (Lipinski definition) is 3. The Morgan fingerprint density at radius 2 is 1.95 bits per heavy atom. The van der Waals surface area contributed by atoms with Crippen molar-refractivity contribution in [3.8, 4) is 0 Å². The molecule has 0 aliphatic carbocycles. The van der Waals surface area contributed by atoms with Crippen molar-refractivity contribution >= 4 is 17.7 Å². The molecule has 4 heteroatoms. The minimum absolute atomic E-state index is 0.0636. The summed E-state index contributed by atoms with van der Waals surface area (Å²) in [4.78, 5) is 13.1. The maximum absolute atomic E-state index is 12.0. The van der Waals surface area contributed by atoms with Gasteiger partial charge in [0.15, 0.2) is 0 Å². The van der Waals surface area contributed by atoms with Gasteiger partial charge in [0.2, 0.25) is 0 Å². The molecule has 0 aliphatic heterocycles. The van der Waals surface area contributed by atoms with Gasteiger partial charge in [0.05, 0.1) is 6.10 Å². The summed E-state index contributed by atoms with van der Waals surface area (Å²) in [6.07, 6.45) is 2.32. The molecule has 0 spiro atoms. The zero-order valence-electron chi connectivity index (χ0n) is 12.1. The van der Waals surface area contributed by atoms with E-state index in [2.05, 4.69) is 5.32 Å². The molecule has 0 saturated heterocycles. The highest BCUT2D eigenvalue weighted by Gasteiger charge is 2.21. The minimum atomic E-state index is -0.354. The second-order valence-electron chi connectivity index (χ2n) is 5.63. The van der Waals surface area contributed by atoms with Gasteiger partial charge in [-0.1, -0.05) is 13.8 Å². The Kier molecular flexibility index (Phi) is 5.88. The molecular weight excluding hydrogens is 258 g/mol. The molecule has 19 heavy (non-hydrogen) atoms. The molecule has 0 radical (unpaired) electrons. The van der Waals surface area contributed by atoms with Crippen LogP contribution in [0.15, 0.2) is 29.2 Å². The third-order valence-electron chi connectivity index (χ3n) is 2.93. The van der Waals surface area contributed by atoms with E-state index in [1.165, 1.54) is 0 Å². The van der Waals surface area contributed by atoms with Crippen LogP contribution in [0.4, 0.5) is 0 Å². The van der Waals surface area contributed by atoms with Crippen molar-refractivity contribution in [2.45, 2.75) is 38.2 Å². The van der Waals surface area contributed by atoms with Crippen molar-refractivity contribution in [3.05, 3.63) is 29.8 Å². The minimum Gasteiger partial charge on any atom is -0.393 e. The first kappa shape index (κ1) is 16.1.